The van der Waals surface area contributed by atoms with Crippen molar-refractivity contribution in [1.29, 1.82) is 0 Å². The van der Waals surface area contributed by atoms with Crippen molar-refractivity contribution in [3.63, 3.8) is 0 Å². The minimum absolute atomic E-state index is 0.349. The lowest BCUT2D eigenvalue weighted by atomic mass is 10.3. The van der Waals surface area contributed by atoms with Gasteiger partial charge in [-0.25, -0.2) is 9.97 Å². The van der Waals surface area contributed by atoms with Gasteiger partial charge in [-0.3, -0.25) is 14.9 Å². The second kappa shape index (κ2) is 5.59. The molecule has 0 bridgehead atoms. The number of hydrogen-bond acceptors (Lipinski definition) is 7. The normalized spacial score (nSPS) is 21.4. The highest BCUT2D eigenvalue weighted by atomic mass is 32.2. The summed E-state index contributed by atoms with van der Waals surface area (Å²) < 4.78 is 5.28. The Bertz CT molecular complexity index is 584. The van der Waals surface area contributed by atoms with Gasteiger partial charge in [-0.15, -0.1) is 0 Å². The summed E-state index contributed by atoms with van der Waals surface area (Å²) >= 11 is 0.877. The van der Waals surface area contributed by atoms with Gasteiger partial charge >= 0.3 is 0 Å². The van der Waals surface area contributed by atoms with Crippen molar-refractivity contribution in [2.24, 2.45) is 0 Å². The maximum Gasteiger partial charge on any atom is 0.290 e. The van der Waals surface area contributed by atoms with Crippen LogP contribution in [0, 0.1) is 0 Å². The highest BCUT2D eigenvalue weighted by Crippen LogP contribution is 2.25. The maximum absolute atomic E-state index is 11.5. The molecule has 104 valence electrons. The van der Waals surface area contributed by atoms with Crippen LogP contribution in [0.3, 0.4) is 0 Å². The summed E-state index contributed by atoms with van der Waals surface area (Å²) in [4.78, 5) is 33.6. The van der Waals surface area contributed by atoms with E-state index in [1.54, 1.807) is 18.3 Å². The van der Waals surface area contributed by atoms with Crippen LogP contribution in [0.4, 0.5) is 10.7 Å². The van der Waals surface area contributed by atoms with E-state index in [-0.39, 0.29) is 11.1 Å². The van der Waals surface area contributed by atoms with Crippen molar-refractivity contribution in [1.82, 2.24) is 15.3 Å². The topological polar surface area (TPSA) is 84.4 Å². The lowest BCUT2D eigenvalue weighted by Crippen LogP contribution is -2.37. The molecule has 3 heterocycles. The van der Waals surface area contributed by atoms with E-state index in [0.717, 1.165) is 24.9 Å². The number of thioether (sulfide) groups is 1. The zero-order valence-corrected chi connectivity index (χ0v) is 11.4. The predicted octanol–water partition coefficient (Wildman–Crippen LogP) is 0.637. The predicted molar refractivity (Wildman–Crippen MR) is 74.2 cm³/mol. The number of rotatable bonds is 2. The van der Waals surface area contributed by atoms with Crippen LogP contribution in [-0.4, -0.2) is 47.4 Å². The Labute approximate surface area is 119 Å². The molecule has 0 atom stereocenters. The van der Waals surface area contributed by atoms with Crippen LogP contribution in [-0.2, 0) is 9.53 Å². The molecule has 0 unspecified atom stereocenters. The SMILES string of the molecule is O=C1NC(=O)C(=Cc2ccnc(N3CCOCC3)n2)S1. The number of anilines is 1. The van der Waals surface area contributed by atoms with E-state index in [0.29, 0.717) is 29.8 Å². The van der Waals surface area contributed by atoms with Crippen molar-refractivity contribution in [3.05, 3.63) is 22.9 Å². The van der Waals surface area contributed by atoms with Crippen LogP contribution in [0.15, 0.2) is 17.2 Å². The summed E-state index contributed by atoms with van der Waals surface area (Å²) in [6.45, 7) is 2.80. The van der Waals surface area contributed by atoms with Crippen LogP contribution >= 0.6 is 11.8 Å². The number of nitrogens with one attached hydrogen (secondary N) is 1. The van der Waals surface area contributed by atoms with Gasteiger partial charge in [0, 0.05) is 19.3 Å². The molecule has 20 heavy (non-hydrogen) atoms. The number of aromatic nitrogens is 2. The summed E-state index contributed by atoms with van der Waals surface area (Å²) in [5, 5.41) is 1.85. The number of imide groups is 1. The molecular weight excluding hydrogens is 280 g/mol. The monoisotopic (exact) mass is 292 g/mol. The third-order valence-electron chi connectivity index (χ3n) is 2.88. The molecule has 0 saturated carbocycles. The van der Waals surface area contributed by atoms with E-state index >= 15 is 0 Å². The molecule has 0 spiro atoms. The van der Waals surface area contributed by atoms with Crippen molar-refractivity contribution in [2.45, 2.75) is 0 Å². The molecule has 2 aliphatic heterocycles. The van der Waals surface area contributed by atoms with Gasteiger partial charge in [0.2, 0.25) is 5.95 Å². The lowest BCUT2D eigenvalue weighted by Gasteiger charge is -2.26. The van der Waals surface area contributed by atoms with Gasteiger partial charge in [-0.2, -0.15) is 0 Å². The molecule has 1 N–H and O–H groups in total. The standard InChI is InChI=1S/C12H12N4O3S/c17-10-9(20-12(18)15-10)7-8-1-2-13-11(14-8)16-3-5-19-6-4-16/h1-2,7H,3-6H2,(H,15,17,18). The number of ether oxygens (including phenoxy) is 1. The first-order chi connectivity index (χ1) is 9.72. The first-order valence-corrected chi connectivity index (χ1v) is 6.94. The fourth-order valence-corrected chi connectivity index (χ4v) is 2.58. The van der Waals surface area contributed by atoms with Gasteiger partial charge in [0.15, 0.2) is 0 Å². The quantitative estimate of drug-likeness (QED) is 0.800. The lowest BCUT2D eigenvalue weighted by molar-refractivity contribution is -0.115. The van der Waals surface area contributed by atoms with E-state index in [9.17, 15) is 9.59 Å². The summed E-state index contributed by atoms with van der Waals surface area (Å²) in [5.74, 6) is 0.226. The third-order valence-corrected chi connectivity index (χ3v) is 3.69. The van der Waals surface area contributed by atoms with E-state index in [1.807, 2.05) is 4.90 Å². The third kappa shape index (κ3) is 2.81. The van der Waals surface area contributed by atoms with Gasteiger partial charge in [-0.1, -0.05) is 0 Å². The molecule has 7 nitrogen and oxygen atoms in total. The van der Waals surface area contributed by atoms with Crippen LogP contribution < -0.4 is 10.2 Å². The minimum Gasteiger partial charge on any atom is -0.378 e. The van der Waals surface area contributed by atoms with E-state index in [1.165, 1.54) is 0 Å². The Morgan fingerprint density at radius 1 is 1.35 bits per heavy atom. The van der Waals surface area contributed by atoms with Crippen molar-refractivity contribution < 1.29 is 14.3 Å². The number of morpholine rings is 1. The number of hydrogen-bond donors (Lipinski definition) is 1. The number of carbonyl (C=O) groups is 2. The highest BCUT2D eigenvalue weighted by molar-refractivity contribution is 8.18. The second-order valence-electron chi connectivity index (χ2n) is 4.23. The summed E-state index contributed by atoms with van der Waals surface area (Å²) in [6, 6.07) is 1.70. The molecule has 1 aromatic heterocycles. The minimum atomic E-state index is -0.383. The van der Waals surface area contributed by atoms with Gasteiger partial charge in [0.1, 0.15) is 0 Å². The zero-order valence-electron chi connectivity index (χ0n) is 10.5. The van der Waals surface area contributed by atoms with Gasteiger partial charge in [0.25, 0.3) is 11.1 Å². The number of carbonyl (C=O) groups excluding carboxylic acids is 2. The van der Waals surface area contributed by atoms with Crippen LogP contribution in [0.5, 0.6) is 0 Å². The van der Waals surface area contributed by atoms with E-state index in [2.05, 4.69) is 15.3 Å². The largest absolute Gasteiger partial charge is 0.378 e. The average molecular weight is 292 g/mol. The fourth-order valence-electron chi connectivity index (χ4n) is 1.91. The Kier molecular flexibility index (Phi) is 3.66. The van der Waals surface area contributed by atoms with Crippen molar-refractivity contribution >= 4 is 34.9 Å². The molecule has 0 aromatic carbocycles. The molecule has 2 saturated heterocycles. The molecule has 3 rings (SSSR count). The van der Waals surface area contributed by atoms with Crippen LogP contribution in [0.2, 0.25) is 0 Å². The van der Waals surface area contributed by atoms with Gasteiger partial charge < -0.3 is 9.64 Å². The van der Waals surface area contributed by atoms with E-state index < -0.39 is 0 Å². The first kappa shape index (κ1) is 13.1. The zero-order chi connectivity index (χ0) is 13.9. The Hall–Kier alpha value is -1.93. The second-order valence-corrected chi connectivity index (χ2v) is 5.25. The van der Waals surface area contributed by atoms with Gasteiger partial charge in [0.05, 0.1) is 23.8 Å². The Morgan fingerprint density at radius 2 is 2.15 bits per heavy atom. The molecule has 0 aliphatic carbocycles. The first-order valence-electron chi connectivity index (χ1n) is 6.13. The molecule has 8 heteroatoms. The molecule has 2 fully saturated rings. The van der Waals surface area contributed by atoms with Crippen molar-refractivity contribution in [2.75, 3.05) is 31.2 Å². The number of nitrogens with zero attached hydrogens (tertiary/aromatic N) is 3. The van der Waals surface area contributed by atoms with E-state index in [4.69, 9.17) is 4.74 Å². The summed E-state index contributed by atoms with van der Waals surface area (Å²) in [7, 11) is 0. The number of amides is 2. The molecule has 1 aromatic rings. The Balaban J connectivity index is 1.82. The Morgan fingerprint density at radius 3 is 2.85 bits per heavy atom. The summed E-state index contributed by atoms with van der Waals surface area (Å²) in [5.41, 5.74) is 0.605. The maximum atomic E-state index is 11.5. The molecular formula is C12H12N4O3S. The fraction of sp³-hybridized carbons (Fsp3) is 0.333. The molecule has 2 aliphatic rings. The highest BCUT2D eigenvalue weighted by Gasteiger charge is 2.25. The average Bonchev–Trinajstić information content (AvgIpc) is 2.78. The van der Waals surface area contributed by atoms with Crippen molar-refractivity contribution in [3.8, 4) is 0 Å². The van der Waals surface area contributed by atoms with Gasteiger partial charge in [-0.05, 0) is 23.9 Å². The summed E-state index contributed by atoms with van der Waals surface area (Å²) in [6.07, 6.45) is 3.24. The van der Waals surface area contributed by atoms with Crippen LogP contribution in [0.1, 0.15) is 5.69 Å². The smallest absolute Gasteiger partial charge is 0.290 e. The molecule has 0 radical (unpaired) electrons. The molecule has 2 amide bonds. The van der Waals surface area contributed by atoms with Crippen LogP contribution in [0.25, 0.3) is 6.08 Å².